The first-order valence-corrected chi connectivity index (χ1v) is 5.65. The van der Waals surface area contributed by atoms with E-state index in [2.05, 4.69) is 13.2 Å². The molecule has 0 saturated heterocycles. The molecule has 1 unspecified atom stereocenters. The van der Waals surface area contributed by atoms with Crippen LogP contribution in [0.4, 0.5) is 0 Å². The van der Waals surface area contributed by atoms with Gasteiger partial charge >= 0.3 is 5.97 Å². The van der Waals surface area contributed by atoms with Crippen LogP contribution in [0.3, 0.4) is 0 Å². The van der Waals surface area contributed by atoms with Gasteiger partial charge in [0.05, 0.1) is 6.61 Å². The third-order valence-corrected chi connectivity index (χ3v) is 2.83. The Hall–Kier alpha value is -0.180. The van der Waals surface area contributed by atoms with E-state index in [0.29, 0.717) is 11.9 Å². The average molecular weight is 190 g/mol. The molecule has 2 nitrogen and oxygen atoms in total. The maximum Gasteiger partial charge on any atom is 0.302 e. The van der Waals surface area contributed by atoms with Crippen molar-refractivity contribution in [2.24, 2.45) is 0 Å². The largest absolute Gasteiger partial charge is 0.466 e. The van der Waals surface area contributed by atoms with Crippen LogP contribution < -0.4 is 0 Å². The van der Waals surface area contributed by atoms with E-state index in [1.807, 2.05) is 11.8 Å². The van der Waals surface area contributed by atoms with E-state index < -0.39 is 0 Å². The van der Waals surface area contributed by atoms with E-state index in [9.17, 15) is 4.79 Å². The highest BCUT2D eigenvalue weighted by Gasteiger charge is 2.05. The fraction of sp³-hybridized carbons (Fsp3) is 0.889. The average Bonchev–Trinajstić information content (AvgIpc) is 2.02. The Bertz CT molecular complexity index is 126. The summed E-state index contributed by atoms with van der Waals surface area (Å²) >= 11 is 1.85. The summed E-state index contributed by atoms with van der Waals surface area (Å²) in [5.74, 6) is -0.175. The van der Waals surface area contributed by atoms with Gasteiger partial charge in [0, 0.05) is 12.2 Å². The predicted octanol–water partition coefficient (Wildman–Crippen LogP) is 2.47. The van der Waals surface area contributed by atoms with Gasteiger partial charge in [0.15, 0.2) is 0 Å². The summed E-state index contributed by atoms with van der Waals surface area (Å²) in [6.45, 7) is 4.20. The molecule has 0 aliphatic heterocycles. The molecule has 0 radical (unpaired) electrons. The summed E-state index contributed by atoms with van der Waals surface area (Å²) in [5.41, 5.74) is 0. The molecule has 0 spiro atoms. The molecule has 0 N–H and O–H groups in total. The number of esters is 1. The van der Waals surface area contributed by atoms with E-state index in [-0.39, 0.29) is 5.97 Å². The summed E-state index contributed by atoms with van der Waals surface area (Å²) in [6.07, 6.45) is 5.50. The van der Waals surface area contributed by atoms with Gasteiger partial charge in [-0.2, -0.15) is 11.8 Å². The Kier molecular flexibility index (Phi) is 7.36. The van der Waals surface area contributed by atoms with Gasteiger partial charge in [-0.3, -0.25) is 4.79 Å². The fourth-order valence-electron chi connectivity index (χ4n) is 1.04. The van der Waals surface area contributed by atoms with Crippen molar-refractivity contribution in [3.05, 3.63) is 0 Å². The van der Waals surface area contributed by atoms with Crippen LogP contribution in [-0.4, -0.2) is 24.1 Å². The molecule has 0 aliphatic carbocycles. The van der Waals surface area contributed by atoms with Crippen molar-refractivity contribution < 1.29 is 9.53 Å². The van der Waals surface area contributed by atoms with Crippen LogP contribution in [0.15, 0.2) is 0 Å². The second-order valence-corrected chi connectivity index (χ2v) is 3.91. The highest BCUT2D eigenvalue weighted by atomic mass is 32.2. The highest BCUT2D eigenvalue weighted by molar-refractivity contribution is 7.99. The molecule has 72 valence electrons. The number of hydrogen-bond acceptors (Lipinski definition) is 3. The number of carbonyl (C=O) groups is 1. The molecule has 3 heteroatoms. The predicted molar refractivity (Wildman–Crippen MR) is 53.5 cm³/mol. The molecule has 0 aromatic rings. The van der Waals surface area contributed by atoms with E-state index in [0.717, 1.165) is 6.42 Å². The number of rotatable bonds is 6. The van der Waals surface area contributed by atoms with Gasteiger partial charge in [0.1, 0.15) is 0 Å². The fourth-order valence-corrected chi connectivity index (χ4v) is 1.84. The lowest BCUT2D eigenvalue weighted by molar-refractivity contribution is -0.141. The Labute approximate surface area is 79.1 Å². The molecule has 0 heterocycles. The lowest BCUT2D eigenvalue weighted by Crippen LogP contribution is -2.08. The first-order chi connectivity index (χ1) is 5.70. The van der Waals surface area contributed by atoms with Crippen molar-refractivity contribution in [3.8, 4) is 0 Å². The van der Waals surface area contributed by atoms with Crippen LogP contribution in [0, 0.1) is 0 Å². The first-order valence-electron chi connectivity index (χ1n) is 4.36. The maximum atomic E-state index is 10.4. The van der Waals surface area contributed by atoms with E-state index in [4.69, 9.17) is 4.74 Å². The van der Waals surface area contributed by atoms with Crippen molar-refractivity contribution in [2.75, 3.05) is 12.9 Å². The summed E-state index contributed by atoms with van der Waals surface area (Å²) < 4.78 is 4.87. The minimum absolute atomic E-state index is 0.175. The minimum Gasteiger partial charge on any atom is -0.466 e. The maximum absolute atomic E-state index is 10.4. The zero-order chi connectivity index (χ0) is 9.40. The number of hydrogen-bond donors (Lipinski definition) is 0. The van der Waals surface area contributed by atoms with Crippen LogP contribution in [0.2, 0.25) is 0 Å². The number of carbonyl (C=O) groups excluding carboxylic acids is 1. The molecular formula is C9H18O2S. The van der Waals surface area contributed by atoms with Crippen molar-refractivity contribution in [3.63, 3.8) is 0 Å². The summed E-state index contributed by atoms with van der Waals surface area (Å²) in [5, 5.41) is 0.648. The zero-order valence-electron chi connectivity index (χ0n) is 8.13. The van der Waals surface area contributed by atoms with Gasteiger partial charge in [-0.15, -0.1) is 0 Å². The van der Waals surface area contributed by atoms with Gasteiger partial charge < -0.3 is 4.74 Å². The Balaban J connectivity index is 3.37. The lowest BCUT2D eigenvalue weighted by Gasteiger charge is -2.12. The normalized spacial score (nSPS) is 12.6. The second kappa shape index (κ2) is 7.47. The topological polar surface area (TPSA) is 26.3 Å². The van der Waals surface area contributed by atoms with Crippen molar-refractivity contribution in [2.45, 2.75) is 38.4 Å². The Morgan fingerprint density at radius 2 is 2.17 bits per heavy atom. The van der Waals surface area contributed by atoms with E-state index in [1.54, 1.807) is 0 Å². The monoisotopic (exact) mass is 190 g/mol. The van der Waals surface area contributed by atoms with Crippen LogP contribution in [0.5, 0.6) is 0 Å². The second-order valence-electron chi connectivity index (χ2n) is 2.78. The van der Waals surface area contributed by atoms with Gasteiger partial charge in [0.25, 0.3) is 0 Å². The molecular weight excluding hydrogens is 172 g/mol. The molecule has 1 atom stereocenters. The Morgan fingerprint density at radius 3 is 2.58 bits per heavy atom. The molecule has 0 amide bonds. The van der Waals surface area contributed by atoms with Crippen LogP contribution >= 0.6 is 11.8 Å². The van der Waals surface area contributed by atoms with Crippen molar-refractivity contribution >= 4 is 17.7 Å². The highest BCUT2D eigenvalue weighted by Crippen LogP contribution is 2.16. The molecule has 0 saturated carbocycles. The lowest BCUT2D eigenvalue weighted by atomic mass is 10.2. The SMILES string of the molecule is CCCC(CCOC(C)=O)SC. The number of thioether (sulfide) groups is 1. The van der Waals surface area contributed by atoms with Gasteiger partial charge in [0.2, 0.25) is 0 Å². The van der Waals surface area contributed by atoms with Crippen molar-refractivity contribution in [1.82, 2.24) is 0 Å². The first kappa shape index (κ1) is 11.8. The summed E-state index contributed by atoms with van der Waals surface area (Å²) in [7, 11) is 0. The molecule has 0 aromatic carbocycles. The minimum atomic E-state index is -0.175. The Morgan fingerprint density at radius 1 is 1.50 bits per heavy atom. The van der Waals surface area contributed by atoms with Crippen LogP contribution in [0.1, 0.15) is 33.1 Å². The van der Waals surface area contributed by atoms with Gasteiger partial charge in [-0.05, 0) is 19.1 Å². The molecule has 0 aromatic heterocycles. The van der Waals surface area contributed by atoms with E-state index >= 15 is 0 Å². The van der Waals surface area contributed by atoms with Crippen molar-refractivity contribution in [1.29, 1.82) is 0 Å². The molecule has 0 rings (SSSR count). The summed E-state index contributed by atoms with van der Waals surface area (Å²) in [6, 6.07) is 0. The van der Waals surface area contributed by atoms with Gasteiger partial charge in [-0.25, -0.2) is 0 Å². The number of ether oxygens (including phenoxy) is 1. The molecule has 0 fully saturated rings. The van der Waals surface area contributed by atoms with E-state index in [1.165, 1.54) is 19.8 Å². The third-order valence-electron chi connectivity index (χ3n) is 1.69. The smallest absolute Gasteiger partial charge is 0.302 e. The summed E-state index contributed by atoms with van der Waals surface area (Å²) in [4.78, 5) is 10.4. The van der Waals surface area contributed by atoms with Crippen LogP contribution in [0.25, 0.3) is 0 Å². The van der Waals surface area contributed by atoms with Gasteiger partial charge in [-0.1, -0.05) is 13.3 Å². The molecule has 12 heavy (non-hydrogen) atoms. The molecule has 0 aliphatic rings. The molecule has 0 bridgehead atoms. The van der Waals surface area contributed by atoms with Crippen LogP contribution in [-0.2, 0) is 9.53 Å². The zero-order valence-corrected chi connectivity index (χ0v) is 8.95. The third kappa shape index (κ3) is 6.53. The standard InChI is InChI=1S/C9H18O2S/c1-4-5-9(12-3)6-7-11-8(2)10/h9H,4-7H2,1-3H3. The quantitative estimate of drug-likeness (QED) is 0.602.